The van der Waals surface area contributed by atoms with Gasteiger partial charge in [0.2, 0.25) is 5.89 Å². The Hall–Kier alpha value is -2.89. The third kappa shape index (κ3) is 3.00. The number of aromatic nitrogens is 3. The molecule has 1 aromatic carbocycles. The maximum atomic E-state index is 12.0. The number of nitrogens with one attached hydrogen (secondary N) is 1. The SMILES string of the molecule is Cc1noc(CNC(=O)c2ccc(-n3cccc3)cc2)n1. The van der Waals surface area contributed by atoms with Gasteiger partial charge >= 0.3 is 0 Å². The number of hydrogen-bond donors (Lipinski definition) is 1. The number of amides is 1. The van der Waals surface area contributed by atoms with Crippen molar-refractivity contribution < 1.29 is 9.32 Å². The molecule has 6 heteroatoms. The van der Waals surface area contributed by atoms with Gasteiger partial charge in [-0.2, -0.15) is 4.98 Å². The van der Waals surface area contributed by atoms with Crippen molar-refractivity contribution in [1.29, 1.82) is 0 Å². The number of hydrogen-bond acceptors (Lipinski definition) is 4. The summed E-state index contributed by atoms with van der Waals surface area (Å²) in [7, 11) is 0. The Morgan fingerprint density at radius 3 is 2.57 bits per heavy atom. The van der Waals surface area contributed by atoms with E-state index in [1.807, 2.05) is 41.2 Å². The van der Waals surface area contributed by atoms with Crippen molar-refractivity contribution in [3.05, 3.63) is 66.1 Å². The zero-order valence-corrected chi connectivity index (χ0v) is 11.5. The van der Waals surface area contributed by atoms with E-state index in [1.54, 1.807) is 19.1 Å². The Morgan fingerprint density at radius 2 is 1.95 bits per heavy atom. The number of rotatable bonds is 4. The molecule has 3 rings (SSSR count). The molecule has 0 radical (unpaired) electrons. The minimum absolute atomic E-state index is 0.176. The van der Waals surface area contributed by atoms with Crippen LogP contribution >= 0.6 is 0 Å². The van der Waals surface area contributed by atoms with Crippen LogP contribution in [0, 0.1) is 6.92 Å². The van der Waals surface area contributed by atoms with Crippen molar-refractivity contribution in [2.45, 2.75) is 13.5 Å². The largest absolute Gasteiger partial charge is 0.343 e. The normalized spacial score (nSPS) is 10.5. The summed E-state index contributed by atoms with van der Waals surface area (Å²) in [5, 5.41) is 6.41. The molecule has 3 aromatic rings. The number of carbonyl (C=O) groups excluding carboxylic acids is 1. The van der Waals surface area contributed by atoms with Gasteiger partial charge in [-0.1, -0.05) is 5.16 Å². The van der Waals surface area contributed by atoms with Gasteiger partial charge in [-0.25, -0.2) is 0 Å². The first kappa shape index (κ1) is 13.1. The van der Waals surface area contributed by atoms with Crippen molar-refractivity contribution in [2.24, 2.45) is 0 Å². The zero-order chi connectivity index (χ0) is 14.7. The number of aryl methyl sites for hydroxylation is 1. The molecule has 2 heterocycles. The van der Waals surface area contributed by atoms with Crippen LogP contribution in [0.2, 0.25) is 0 Å². The van der Waals surface area contributed by atoms with Gasteiger partial charge in [0.1, 0.15) is 0 Å². The number of carbonyl (C=O) groups is 1. The molecule has 6 nitrogen and oxygen atoms in total. The number of benzene rings is 1. The van der Waals surface area contributed by atoms with Crippen molar-refractivity contribution in [2.75, 3.05) is 0 Å². The Bertz CT molecular complexity index is 729. The van der Waals surface area contributed by atoms with E-state index in [1.165, 1.54) is 0 Å². The molecule has 0 unspecified atom stereocenters. The minimum atomic E-state index is -0.176. The molecule has 0 aliphatic rings. The Morgan fingerprint density at radius 1 is 1.24 bits per heavy atom. The van der Waals surface area contributed by atoms with E-state index in [0.29, 0.717) is 17.3 Å². The molecule has 0 fully saturated rings. The predicted molar refractivity (Wildman–Crippen MR) is 76.0 cm³/mol. The van der Waals surface area contributed by atoms with Crippen LogP contribution in [0.5, 0.6) is 0 Å². The Labute approximate surface area is 121 Å². The van der Waals surface area contributed by atoms with E-state index in [2.05, 4.69) is 15.5 Å². The minimum Gasteiger partial charge on any atom is -0.343 e. The van der Waals surface area contributed by atoms with Gasteiger partial charge in [0.25, 0.3) is 5.91 Å². The lowest BCUT2D eigenvalue weighted by atomic mass is 10.2. The smallest absolute Gasteiger partial charge is 0.251 e. The Kier molecular flexibility index (Phi) is 3.51. The molecule has 0 bridgehead atoms. The van der Waals surface area contributed by atoms with Crippen molar-refractivity contribution in [3.8, 4) is 5.69 Å². The fourth-order valence-corrected chi connectivity index (χ4v) is 1.96. The fraction of sp³-hybridized carbons (Fsp3) is 0.133. The average molecular weight is 282 g/mol. The molecule has 1 N–H and O–H groups in total. The van der Waals surface area contributed by atoms with E-state index in [9.17, 15) is 4.79 Å². The first-order chi connectivity index (χ1) is 10.2. The molecular weight excluding hydrogens is 268 g/mol. The molecule has 0 aliphatic heterocycles. The van der Waals surface area contributed by atoms with E-state index in [0.717, 1.165) is 5.69 Å². The third-order valence-electron chi connectivity index (χ3n) is 3.00. The highest BCUT2D eigenvalue weighted by Gasteiger charge is 2.08. The number of nitrogens with zero attached hydrogens (tertiary/aromatic N) is 3. The summed E-state index contributed by atoms with van der Waals surface area (Å²) < 4.78 is 6.91. The fourth-order valence-electron chi connectivity index (χ4n) is 1.96. The standard InChI is InChI=1S/C15H14N4O2/c1-11-17-14(21-18-11)10-16-15(20)12-4-6-13(7-5-12)19-8-2-3-9-19/h2-9H,10H2,1H3,(H,16,20). The summed E-state index contributed by atoms with van der Waals surface area (Å²) in [6.45, 7) is 1.95. The quantitative estimate of drug-likeness (QED) is 0.795. The first-order valence-electron chi connectivity index (χ1n) is 6.53. The molecule has 0 spiro atoms. The second kappa shape index (κ2) is 5.62. The molecule has 0 saturated heterocycles. The molecule has 0 atom stereocenters. The monoisotopic (exact) mass is 282 g/mol. The molecule has 0 saturated carbocycles. The van der Waals surface area contributed by atoms with Crippen LogP contribution in [0.3, 0.4) is 0 Å². The van der Waals surface area contributed by atoms with Crippen LogP contribution in [0.25, 0.3) is 5.69 Å². The van der Waals surface area contributed by atoms with Crippen LogP contribution < -0.4 is 5.32 Å². The van der Waals surface area contributed by atoms with Gasteiger partial charge in [-0.05, 0) is 43.3 Å². The lowest BCUT2D eigenvalue weighted by Crippen LogP contribution is -2.22. The van der Waals surface area contributed by atoms with Crippen LogP contribution in [-0.2, 0) is 6.54 Å². The Balaban J connectivity index is 1.65. The molecule has 106 valence electrons. The van der Waals surface area contributed by atoms with E-state index >= 15 is 0 Å². The topological polar surface area (TPSA) is 73.0 Å². The van der Waals surface area contributed by atoms with Gasteiger partial charge in [0.15, 0.2) is 5.82 Å². The predicted octanol–water partition coefficient (Wildman–Crippen LogP) is 2.10. The highest BCUT2D eigenvalue weighted by Crippen LogP contribution is 2.10. The molecule has 2 aromatic heterocycles. The summed E-state index contributed by atoms with van der Waals surface area (Å²) in [6.07, 6.45) is 3.90. The summed E-state index contributed by atoms with van der Waals surface area (Å²) in [4.78, 5) is 16.0. The second-order valence-corrected chi connectivity index (χ2v) is 4.56. The van der Waals surface area contributed by atoms with Gasteiger partial charge in [-0.3, -0.25) is 4.79 Å². The van der Waals surface area contributed by atoms with Crippen LogP contribution in [-0.4, -0.2) is 20.6 Å². The van der Waals surface area contributed by atoms with Crippen LogP contribution in [0.1, 0.15) is 22.1 Å². The highest BCUT2D eigenvalue weighted by molar-refractivity contribution is 5.94. The lowest BCUT2D eigenvalue weighted by Gasteiger charge is -2.05. The van der Waals surface area contributed by atoms with Crippen LogP contribution in [0.15, 0.2) is 53.3 Å². The van der Waals surface area contributed by atoms with E-state index in [-0.39, 0.29) is 12.5 Å². The summed E-state index contributed by atoms with van der Waals surface area (Å²) in [5.41, 5.74) is 1.59. The average Bonchev–Trinajstić information content (AvgIpc) is 3.16. The van der Waals surface area contributed by atoms with E-state index < -0.39 is 0 Å². The van der Waals surface area contributed by atoms with E-state index in [4.69, 9.17) is 4.52 Å². The molecule has 0 aliphatic carbocycles. The van der Waals surface area contributed by atoms with Gasteiger partial charge in [-0.15, -0.1) is 0 Å². The van der Waals surface area contributed by atoms with Gasteiger partial charge < -0.3 is 14.4 Å². The molecule has 21 heavy (non-hydrogen) atoms. The highest BCUT2D eigenvalue weighted by atomic mass is 16.5. The molecule has 1 amide bonds. The van der Waals surface area contributed by atoms with Crippen molar-refractivity contribution >= 4 is 5.91 Å². The maximum Gasteiger partial charge on any atom is 0.251 e. The van der Waals surface area contributed by atoms with Crippen molar-refractivity contribution in [1.82, 2.24) is 20.0 Å². The molecular formula is C15H14N4O2. The second-order valence-electron chi connectivity index (χ2n) is 4.56. The lowest BCUT2D eigenvalue weighted by molar-refractivity contribution is 0.0946. The summed E-state index contributed by atoms with van der Waals surface area (Å²) in [5.74, 6) is 0.769. The first-order valence-corrected chi connectivity index (χ1v) is 6.53. The summed E-state index contributed by atoms with van der Waals surface area (Å²) >= 11 is 0. The van der Waals surface area contributed by atoms with Gasteiger partial charge in [0, 0.05) is 23.6 Å². The zero-order valence-electron chi connectivity index (χ0n) is 11.5. The summed E-state index contributed by atoms with van der Waals surface area (Å²) in [6, 6.07) is 11.3. The maximum absolute atomic E-state index is 12.0. The van der Waals surface area contributed by atoms with Crippen LogP contribution in [0.4, 0.5) is 0 Å². The van der Waals surface area contributed by atoms with Crippen molar-refractivity contribution in [3.63, 3.8) is 0 Å². The third-order valence-corrected chi connectivity index (χ3v) is 3.00. The van der Waals surface area contributed by atoms with Gasteiger partial charge in [0.05, 0.1) is 6.54 Å².